The van der Waals surface area contributed by atoms with E-state index in [4.69, 9.17) is 9.97 Å². The van der Waals surface area contributed by atoms with Crippen molar-refractivity contribution in [1.29, 1.82) is 5.26 Å². The fraction of sp³-hybridized carbons (Fsp3) is 0.520. The average molecular weight is 752 g/mol. The molecule has 0 spiro atoms. The molecule has 6 rings (SSSR count). The smallest absolute Gasteiger partial charge is 0.266 e. The van der Waals surface area contributed by atoms with E-state index in [9.17, 15) is 5.26 Å². The van der Waals surface area contributed by atoms with E-state index in [1.54, 1.807) is 0 Å². The van der Waals surface area contributed by atoms with Gasteiger partial charge in [-0.3, -0.25) is 8.80 Å². The van der Waals surface area contributed by atoms with Crippen LogP contribution in [0.25, 0.3) is 44.7 Å². The number of pyridine rings is 1. The van der Waals surface area contributed by atoms with Crippen molar-refractivity contribution in [3.8, 4) is 28.5 Å². The highest BCUT2D eigenvalue weighted by molar-refractivity contribution is 6.01. The van der Waals surface area contributed by atoms with Crippen molar-refractivity contribution in [3.63, 3.8) is 0 Å². The largest absolute Gasteiger partial charge is 0.288 e. The normalized spacial score (nSPS) is 12.3. The Morgan fingerprint density at radius 3 is 1.50 bits per heavy atom. The van der Waals surface area contributed by atoms with Crippen LogP contribution < -0.4 is 4.57 Å². The Bertz CT molecular complexity index is 2220. The van der Waals surface area contributed by atoms with Crippen LogP contribution in [0, 0.1) is 11.3 Å². The van der Waals surface area contributed by atoms with Gasteiger partial charge in [0, 0.05) is 31.2 Å². The highest BCUT2D eigenvalue weighted by Gasteiger charge is 2.32. The first-order valence-corrected chi connectivity index (χ1v) is 21.9. The first-order chi connectivity index (χ1) is 27.0. The first kappa shape index (κ1) is 41.1. The monoisotopic (exact) mass is 752 g/mol. The van der Waals surface area contributed by atoms with Gasteiger partial charge in [-0.05, 0) is 46.1 Å². The third-order valence-electron chi connectivity index (χ3n) is 11.8. The van der Waals surface area contributed by atoms with Crippen molar-refractivity contribution in [1.82, 2.24) is 18.8 Å². The average Bonchev–Trinajstić information content (AvgIpc) is 3.87. The summed E-state index contributed by atoms with van der Waals surface area (Å²) in [4.78, 5) is 9.91. The summed E-state index contributed by atoms with van der Waals surface area (Å²) in [5.41, 5.74) is 11.1. The SMILES string of the molecule is CCCCCCCCCCCCCCCCCC[n+]1c(-c2ccc(C(C)(C)C)cc2)c2nccn2c2c(-c3ccc(C(C)(C)C)cc3)c3nccn3c(C#N)c21. The highest BCUT2D eigenvalue weighted by atomic mass is 15.1. The molecule has 6 heteroatoms. The van der Waals surface area contributed by atoms with E-state index in [0.717, 1.165) is 64.1 Å². The Hall–Kier alpha value is -4.50. The maximum atomic E-state index is 10.9. The van der Waals surface area contributed by atoms with Crippen molar-refractivity contribution in [2.45, 2.75) is 169 Å². The van der Waals surface area contributed by atoms with E-state index in [0.29, 0.717) is 5.69 Å². The summed E-state index contributed by atoms with van der Waals surface area (Å²) in [6.07, 6.45) is 29.1. The first-order valence-electron chi connectivity index (χ1n) is 21.9. The lowest BCUT2D eigenvalue weighted by molar-refractivity contribution is -0.660. The van der Waals surface area contributed by atoms with Crippen molar-refractivity contribution in [2.24, 2.45) is 0 Å². The minimum Gasteiger partial charge on any atom is -0.288 e. The fourth-order valence-electron chi connectivity index (χ4n) is 8.47. The number of hydrogen-bond acceptors (Lipinski definition) is 3. The van der Waals surface area contributed by atoms with E-state index in [-0.39, 0.29) is 10.8 Å². The van der Waals surface area contributed by atoms with E-state index < -0.39 is 0 Å². The molecular weight excluding hydrogens is 685 g/mol. The van der Waals surface area contributed by atoms with Crippen LogP contribution in [0.4, 0.5) is 0 Å². The zero-order valence-corrected chi connectivity index (χ0v) is 35.6. The Labute approximate surface area is 337 Å². The quantitative estimate of drug-likeness (QED) is 0.0611. The summed E-state index contributed by atoms with van der Waals surface area (Å²) in [7, 11) is 0. The zero-order chi connectivity index (χ0) is 39.7. The number of rotatable bonds is 19. The van der Waals surface area contributed by atoms with Crippen molar-refractivity contribution >= 4 is 22.3 Å². The summed E-state index contributed by atoms with van der Waals surface area (Å²) >= 11 is 0. The topological polar surface area (TPSA) is 62.3 Å². The number of imidazole rings is 2. The van der Waals surface area contributed by atoms with Gasteiger partial charge >= 0.3 is 0 Å². The Kier molecular flexibility index (Phi) is 13.7. The lowest BCUT2D eigenvalue weighted by atomic mass is 9.86. The fourth-order valence-corrected chi connectivity index (χ4v) is 8.47. The molecule has 4 heterocycles. The molecule has 0 aliphatic heterocycles. The molecule has 0 radical (unpaired) electrons. The van der Waals surface area contributed by atoms with Gasteiger partial charge in [-0.25, -0.2) is 9.97 Å². The van der Waals surface area contributed by atoms with Crippen LogP contribution in [0.2, 0.25) is 0 Å². The lowest BCUT2D eigenvalue weighted by Crippen LogP contribution is -2.40. The van der Waals surface area contributed by atoms with Crippen molar-refractivity contribution in [2.75, 3.05) is 0 Å². The second-order valence-corrected chi connectivity index (χ2v) is 18.2. The Balaban J connectivity index is 1.30. The van der Waals surface area contributed by atoms with Crippen LogP contribution in [0.15, 0.2) is 73.3 Å². The van der Waals surface area contributed by atoms with Crippen LogP contribution in [0.1, 0.15) is 168 Å². The molecule has 0 unspecified atom stereocenters. The van der Waals surface area contributed by atoms with Gasteiger partial charge in [-0.2, -0.15) is 9.83 Å². The third kappa shape index (κ3) is 9.37. The molecule has 0 fully saturated rings. The Morgan fingerprint density at radius 2 is 1.02 bits per heavy atom. The molecule has 0 aliphatic carbocycles. The summed E-state index contributed by atoms with van der Waals surface area (Å²) in [5, 5.41) is 10.9. The number of fused-ring (bicyclic) bond motifs is 4. The summed E-state index contributed by atoms with van der Waals surface area (Å²) in [6, 6.07) is 20.5. The number of hydrogen-bond donors (Lipinski definition) is 0. The number of aromatic nitrogens is 5. The number of aryl methyl sites for hydroxylation is 1. The minimum atomic E-state index is 0.0406. The number of nitrogens with zero attached hydrogens (tertiary/aromatic N) is 6. The van der Waals surface area contributed by atoms with Gasteiger partial charge in [0.15, 0.2) is 0 Å². The molecule has 0 N–H and O–H groups in total. The molecule has 296 valence electrons. The van der Waals surface area contributed by atoms with Gasteiger partial charge in [0.25, 0.3) is 11.2 Å². The minimum absolute atomic E-state index is 0.0406. The van der Waals surface area contributed by atoms with Gasteiger partial charge < -0.3 is 0 Å². The molecule has 0 amide bonds. The molecule has 6 nitrogen and oxygen atoms in total. The molecule has 0 saturated heterocycles. The standard InChI is InChI=1S/C50H67N6/c1-8-9-10-11-12-13-14-15-16-17-18-19-20-21-22-23-34-55-44(39-26-30-41(31-27-39)50(5,6)7)48-53-33-36-56(48)46-43(38-24-28-40(29-25-38)49(2,3)4)47-52-32-35-54(47)42(37-51)45(46)55/h24-33,35-36H,8-23,34H2,1-7H3/q+1. The predicted molar refractivity (Wildman–Crippen MR) is 234 cm³/mol. The van der Waals surface area contributed by atoms with E-state index in [1.807, 2.05) is 23.0 Å². The summed E-state index contributed by atoms with van der Waals surface area (Å²) < 4.78 is 6.61. The summed E-state index contributed by atoms with van der Waals surface area (Å²) in [5.74, 6) is 0. The van der Waals surface area contributed by atoms with Crippen molar-refractivity contribution < 1.29 is 4.57 Å². The molecule has 0 aliphatic rings. The van der Waals surface area contributed by atoms with Crippen LogP contribution >= 0.6 is 0 Å². The number of nitriles is 1. The van der Waals surface area contributed by atoms with E-state index in [2.05, 4.69) is 118 Å². The van der Waals surface area contributed by atoms with Crippen LogP contribution in [0.3, 0.4) is 0 Å². The van der Waals surface area contributed by atoms with Crippen LogP contribution in [-0.4, -0.2) is 18.8 Å². The van der Waals surface area contributed by atoms with E-state index >= 15 is 0 Å². The zero-order valence-electron chi connectivity index (χ0n) is 35.6. The number of benzene rings is 2. The highest BCUT2D eigenvalue weighted by Crippen LogP contribution is 2.37. The number of unbranched alkanes of at least 4 members (excludes halogenated alkanes) is 15. The van der Waals surface area contributed by atoms with Crippen molar-refractivity contribution in [3.05, 3.63) is 90.1 Å². The summed E-state index contributed by atoms with van der Waals surface area (Å²) in [6.45, 7) is 16.6. The molecule has 4 aromatic heterocycles. The van der Waals surface area contributed by atoms with Crippen LogP contribution in [-0.2, 0) is 17.4 Å². The van der Waals surface area contributed by atoms with E-state index in [1.165, 1.54) is 101 Å². The van der Waals surface area contributed by atoms with Gasteiger partial charge in [-0.1, -0.05) is 175 Å². The molecule has 0 atom stereocenters. The molecule has 6 aromatic rings. The molecule has 0 saturated carbocycles. The molecular formula is C50H67N6+. The second-order valence-electron chi connectivity index (χ2n) is 18.2. The Morgan fingerprint density at radius 1 is 0.571 bits per heavy atom. The van der Waals surface area contributed by atoms with Gasteiger partial charge in [-0.15, -0.1) is 0 Å². The molecule has 2 aromatic carbocycles. The van der Waals surface area contributed by atoms with Gasteiger partial charge in [0.2, 0.25) is 11.3 Å². The predicted octanol–water partition coefficient (Wildman–Crippen LogP) is 13.5. The maximum absolute atomic E-state index is 10.9. The molecule has 0 bridgehead atoms. The second kappa shape index (κ2) is 18.6. The third-order valence-corrected chi connectivity index (χ3v) is 11.8. The van der Waals surface area contributed by atoms with Gasteiger partial charge in [0.1, 0.15) is 23.8 Å². The maximum Gasteiger partial charge on any atom is 0.266 e. The lowest BCUT2D eigenvalue weighted by Gasteiger charge is -2.20. The van der Waals surface area contributed by atoms with Gasteiger partial charge in [0.05, 0.1) is 11.1 Å². The molecule has 56 heavy (non-hydrogen) atoms. The van der Waals surface area contributed by atoms with Crippen LogP contribution in [0.5, 0.6) is 0 Å².